The van der Waals surface area contributed by atoms with Crippen LogP contribution in [0.5, 0.6) is 0 Å². The standard InChI is InChI=1S/C15H20N6O/c1-2-3-9-17-13-12(16)14(19-10-18-13)20-21-15(22)11-7-5-4-6-8-11/h4-8,10H,2-3,9,16H2,1H3,(H,21,22)(H2,17,18,19,20). The predicted octanol–water partition coefficient (Wildman–Crippen LogP) is 2.03. The number of amides is 1. The molecule has 7 nitrogen and oxygen atoms in total. The van der Waals surface area contributed by atoms with Crippen molar-refractivity contribution >= 4 is 23.2 Å². The van der Waals surface area contributed by atoms with Gasteiger partial charge in [0.1, 0.15) is 12.0 Å². The van der Waals surface area contributed by atoms with E-state index in [1.54, 1.807) is 24.3 Å². The summed E-state index contributed by atoms with van der Waals surface area (Å²) in [6.07, 6.45) is 3.49. The average molecular weight is 300 g/mol. The Labute approximate surface area is 129 Å². The number of hydrogen-bond donors (Lipinski definition) is 4. The molecule has 0 aliphatic heterocycles. The third-order valence-corrected chi connectivity index (χ3v) is 3.04. The predicted molar refractivity (Wildman–Crippen MR) is 87.4 cm³/mol. The molecule has 116 valence electrons. The first-order valence-electron chi connectivity index (χ1n) is 7.18. The highest BCUT2D eigenvalue weighted by molar-refractivity contribution is 5.95. The van der Waals surface area contributed by atoms with Gasteiger partial charge in [0, 0.05) is 12.1 Å². The first-order valence-corrected chi connectivity index (χ1v) is 7.18. The Morgan fingerprint density at radius 1 is 1.18 bits per heavy atom. The van der Waals surface area contributed by atoms with Crippen LogP contribution in [0.15, 0.2) is 36.7 Å². The molecular weight excluding hydrogens is 280 g/mol. The molecule has 0 saturated heterocycles. The van der Waals surface area contributed by atoms with E-state index in [0.29, 0.717) is 22.9 Å². The third kappa shape index (κ3) is 4.08. The molecule has 1 amide bonds. The van der Waals surface area contributed by atoms with Gasteiger partial charge in [-0.25, -0.2) is 9.97 Å². The van der Waals surface area contributed by atoms with Crippen molar-refractivity contribution in [3.8, 4) is 0 Å². The van der Waals surface area contributed by atoms with Crippen molar-refractivity contribution < 1.29 is 4.79 Å². The maximum Gasteiger partial charge on any atom is 0.269 e. The first-order chi connectivity index (χ1) is 10.7. The molecule has 0 bridgehead atoms. The molecule has 0 spiro atoms. The summed E-state index contributed by atoms with van der Waals surface area (Å²) >= 11 is 0. The molecular formula is C15H20N6O. The lowest BCUT2D eigenvalue weighted by atomic mass is 10.2. The number of nitrogens with two attached hydrogens (primary N) is 1. The Bertz CT molecular complexity index is 617. The van der Waals surface area contributed by atoms with Crippen molar-refractivity contribution in [2.24, 2.45) is 0 Å². The molecule has 0 unspecified atom stereocenters. The lowest BCUT2D eigenvalue weighted by Crippen LogP contribution is -2.30. The third-order valence-electron chi connectivity index (χ3n) is 3.04. The van der Waals surface area contributed by atoms with E-state index in [1.807, 2.05) is 6.07 Å². The van der Waals surface area contributed by atoms with Crippen LogP contribution in [-0.4, -0.2) is 22.4 Å². The van der Waals surface area contributed by atoms with Gasteiger partial charge < -0.3 is 11.1 Å². The molecule has 2 rings (SSSR count). The second-order valence-corrected chi connectivity index (χ2v) is 4.71. The summed E-state index contributed by atoms with van der Waals surface area (Å²) in [5.41, 5.74) is 12.2. The number of hydrogen-bond acceptors (Lipinski definition) is 6. The summed E-state index contributed by atoms with van der Waals surface area (Å²) < 4.78 is 0. The zero-order valence-corrected chi connectivity index (χ0v) is 12.5. The fourth-order valence-corrected chi connectivity index (χ4v) is 1.80. The maximum atomic E-state index is 12.0. The van der Waals surface area contributed by atoms with Crippen molar-refractivity contribution in [1.29, 1.82) is 0 Å². The van der Waals surface area contributed by atoms with Crippen LogP contribution < -0.4 is 21.9 Å². The molecule has 22 heavy (non-hydrogen) atoms. The Morgan fingerprint density at radius 3 is 2.64 bits per heavy atom. The second-order valence-electron chi connectivity index (χ2n) is 4.71. The van der Waals surface area contributed by atoms with Crippen LogP contribution in [0.2, 0.25) is 0 Å². The molecule has 1 aromatic heterocycles. The van der Waals surface area contributed by atoms with Crippen molar-refractivity contribution in [1.82, 2.24) is 15.4 Å². The molecule has 0 radical (unpaired) electrons. The van der Waals surface area contributed by atoms with E-state index < -0.39 is 0 Å². The van der Waals surface area contributed by atoms with E-state index in [0.717, 1.165) is 19.4 Å². The van der Waals surface area contributed by atoms with Gasteiger partial charge in [-0.05, 0) is 18.6 Å². The number of rotatable bonds is 7. The van der Waals surface area contributed by atoms with Crippen LogP contribution >= 0.6 is 0 Å². The van der Waals surface area contributed by atoms with Gasteiger partial charge in [0.2, 0.25) is 0 Å². The smallest absolute Gasteiger partial charge is 0.269 e. The summed E-state index contributed by atoms with van der Waals surface area (Å²) in [6.45, 7) is 2.89. The van der Waals surface area contributed by atoms with Gasteiger partial charge in [-0.15, -0.1) is 0 Å². The first kappa shape index (κ1) is 15.6. The van der Waals surface area contributed by atoms with Crippen LogP contribution in [0.4, 0.5) is 17.3 Å². The number of unbranched alkanes of at least 4 members (excludes halogenated alkanes) is 1. The van der Waals surface area contributed by atoms with E-state index in [2.05, 4.69) is 33.1 Å². The van der Waals surface area contributed by atoms with Gasteiger partial charge in [0.15, 0.2) is 11.6 Å². The molecule has 0 atom stereocenters. The van der Waals surface area contributed by atoms with Gasteiger partial charge in [-0.2, -0.15) is 0 Å². The molecule has 7 heteroatoms. The van der Waals surface area contributed by atoms with E-state index in [4.69, 9.17) is 5.73 Å². The van der Waals surface area contributed by atoms with Gasteiger partial charge in [0.05, 0.1) is 0 Å². The number of nitrogens with one attached hydrogen (secondary N) is 3. The van der Waals surface area contributed by atoms with E-state index in [9.17, 15) is 4.79 Å². The van der Waals surface area contributed by atoms with Crippen LogP contribution in [0, 0.1) is 0 Å². The fraction of sp³-hybridized carbons (Fsp3) is 0.267. The molecule has 5 N–H and O–H groups in total. The Balaban J connectivity index is 1.98. The van der Waals surface area contributed by atoms with Crippen molar-refractivity contribution in [2.75, 3.05) is 23.0 Å². The van der Waals surface area contributed by atoms with E-state index in [-0.39, 0.29) is 5.91 Å². The number of anilines is 3. The van der Waals surface area contributed by atoms with Gasteiger partial charge in [-0.3, -0.25) is 15.6 Å². The zero-order valence-electron chi connectivity index (χ0n) is 12.5. The van der Waals surface area contributed by atoms with Crippen LogP contribution in [0.1, 0.15) is 30.1 Å². The largest absolute Gasteiger partial charge is 0.393 e. The number of hydrazine groups is 1. The normalized spacial score (nSPS) is 10.0. The van der Waals surface area contributed by atoms with Gasteiger partial charge >= 0.3 is 0 Å². The Hall–Kier alpha value is -2.83. The second kappa shape index (κ2) is 7.82. The molecule has 0 aliphatic rings. The van der Waals surface area contributed by atoms with Crippen LogP contribution in [0.25, 0.3) is 0 Å². The fourth-order valence-electron chi connectivity index (χ4n) is 1.80. The SMILES string of the molecule is CCCCNc1ncnc(NNC(=O)c2ccccc2)c1N. The van der Waals surface area contributed by atoms with Crippen LogP contribution in [-0.2, 0) is 0 Å². The molecule has 2 aromatic rings. The highest BCUT2D eigenvalue weighted by Gasteiger charge is 2.09. The average Bonchev–Trinajstić information content (AvgIpc) is 2.56. The van der Waals surface area contributed by atoms with Crippen LogP contribution in [0.3, 0.4) is 0 Å². The van der Waals surface area contributed by atoms with Crippen molar-refractivity contribution in [3.05, 3.63) is 42.2 Å². The van der Waals surface area contributed by atoms with E-state index in [1.165, 1.54) is 6.33 Å². The molecule has 1 aromatic carbocycles. The highest BCUT2D eigenvalue weighted by atomic mass is 16.2. The maximum absolute atomic E-state index is 12.0. The minimum absolute atomic E-state index is 0.265. The number of carbonyl (C=O) groups is 1. The highest BCUT2D eigenvalue weighted by Crippen LogP contribution is 2.21. The summed E-state index contributed by atoms with van der Waals surface area (Å²) in [4.78, 5) is 20.1. The minimum Gasteiger partial charge on any atom is -0.393 e. The number of nitrogens with zero attached hydrogens (tertiary/aromatic N) is 2. The number of aromatic nitrogens is 2. The van der Waals surface area contributed by atoms with E-state index >= 15 is 0 Å². The molecule has 0 saturated carbocycles. The number of benzene rings is 1. The zero-order chi connectivity index (χ0) is 15.8. The monoisotopic (exact) mass is 300 g/mol. The molecule has 0 fully saturated rings. The summed E-state index contributed by atoms with van der Waals surface area (Å²) in [5, 5.41) is 3.14. The Kier molecular flexibility index (Phi) is 5.53. The van der Waals surface area contributed by atoms with Gasteiger partial charge in [-0.1, -0.05) is 31.5 Å². The van der Waals surface area contributed by atoms with Crippen molar-refractivity contribution in [2.45, 2.75) is 19.8 Å². The lowest BCUT2D eigenvalue weighted by molar-refractivity contribution is 0.0962. The quantitative estimate of drug-likeness (QED) is 0.460. The van der Waals surface area contributed by atoms with Gasteiger partial charge in [0.25, 0.3) is 5.91 Å². The lowest BCUT2D eigenvalue weighted by Gasteiger charge is -2.13. The summed E-state index contributed by atoms with van der Waals surface area (Å²) in [6, 6.07) is 8.88. The topological polar surface area (TPSA) is 105 Å². The molecule has 1 heterocycles. The number of carbonyl (C=O) groups excluding carboxylic acids is 1. The van der Waals surface area contributed by atoms with Crippen molar-refractivity contribution in [3.63, 3.8) is 0 Å². The minimum atomic E-state index is -0.265. The summed E-state index contributed by atoms with van der Waals surface area (Å²) in [5.74, 6) is 0.650. The summed E-state index contributed by atoms with van der Waals surface area (Å²) in [7, 11) is 0. The Morgan fingerprint density at radius 2 is 1.91 bits per heavy atom. The number of nitrogen functional groups attached to an aromatic ring is 1. The molecule has 0 aliphatic carbocycles.